The third-order valence-electron chi connectivity index (χ3n) is 2.69. The minimum atomic E-state index is -0.712. The zero-order chi connectivity index (χ0) is 13.8. The number of ether oxygens (including phenoxy) is 1. The Balaban J connectivity index is 2.11. The van der Waals surface area contributed by atoms with E-state index < -0.39 is 12.0 Å². The molecule has 19 heavy (non-hydrogen) atoms. The monoisotopic (exact) mass is 263 g/mol. The topological polar surface area (TPSA) is 70.1 Å². The van der Waals surface area contributed by atoms with Gasteiger partial charge in [-0.25, -0.2) is 9.07 Å². The van der Waals surface area contributed by atoms with Gasteiger partial charge in [0, 0.05) is 12.6 Å². The number of methoxy groups -OCH3 is 1. The summed E-state index contributed by atoms with van der Waals surface area (Å²) in [7, 11) is 1.30. The summed E-state index contributed by atoms with van der Waals surface area (Å²) >= 11 is 0. The van der Waals surface area contributed by atoms with Crippen molar-refractivity contribution in [2.75, 3.05) is 7.11 Å². The fourth-order valence-electron chi connectivity index (χ4n) is 1.69. The lowest BCUT2D eigenvalue weighted by molar-refractivity contribution is -0.142. The number of esters is 1. The standard InChI is InChI=1S/C13H14FN3O2/c1-19-13(18)12(15)6-9-7-16-17(8-9)11-4-2-10(14)3-5-11/h2-5,7-8,12H,6,15H2,1H3. The van der Waals surface area contributed by atoms with E-state index in [1.165, 1.54) is 19.2 Å². The summed E-state index contributed by atoms with van der Waals surface area (Å²) in [6, 6.07) is 5.24. The highest BCUT2D eigenvalue weighted by Crippen LogP contribution is 2.10. The van der Waals surface area contributed by atoms with Crippen molar-refractivity contribution in [3.05, 3.63) is 48.0 Å². The number of nitrogens with zero attached hydrogens (tertiary/aromatic N) is 2. The Morgan fingerprint density at radius 2 is 2.16 bits per heavy atom. The first kappa shape index (κ1) is 13.2. The third kappa shape index (κ3) is 3.17. The normalized spacial score (nSPS) is 12.2. The first-order valence-electron chi connectivity index (χ1n) is 5.73. The molecule has 0 bridgehead atoms. The summed E-state index contributed by atoms with van der Waals surface area (Å²) < 4.78 is 19.0. The lowest BCUT2D eigenvalue weighted by atomic mass is 10.1. The molecule has 5 nitrogen and oxygen atoms in total. The zero-order valence-electron chi connectivity index (χ0n) is 10.4. The number of halogens is 1. The summed E-state index contributed by atoms with van der Waals surface area (Å²) in [6.07, 6.45) is 3.70. The fourth-order valence-corrected chi connectivity index (χ4v) is 1.69. The Kier molecular flexibility index (Phi) is 3.91. The van der Waals surface area contributed by atoms with E-state index in [1.54, 1.807) is 29.2 Å². The highest BCUT2D eigenvalue weighted by Gasteiger charge is 2.15. The summed E-state index contributed by atoms with van der Waals surface area (Å²) in [6.45, 7) is 0. The number of hydrogen-bond acceptors (Lipinski definition) is 4. The number of carbonyl (C=O) groups excluding carboxylic acids is 1. The Labute approximate surface area is 109 Å². The van der Waals surface area contributed by atoms with Gasteiger partial charge in [0.25, 0.3) is 0 Å². The predicted molar refractivity (Wildman–Crippen MR) is 67.2 cm³/mol. The highest BCUT2D eigenvalue weighted by molar-refractivity contribution is 5.75. The second-order valence-electron chi connectivity index (χ2n) is 4.10. The van der Waals surface area contributed by atoms with Gasteiger partial charge in [-0.3, -0.25) is 4.79 Å². The average molecular weight is 263 g/mol. The average Bonchev–Trinajstić information content (AvgIpc) is 2.87. The molecule has 0 aliphatic rings. The lowest BCUT2D eigenvalue weighted by Gasteiger charge is -2.06. The minimum Gasteiger partial charge on any atom is -0.468 e. The van der Waals surface area contributed by atoms with Gasteiger partial charge in [-0.2, -0.15) is 5.10 Å². The van der Waals surface area contributed by atoms with Gasteiger partial charge in [0.1, 0.15) is 11.9 Å². The van der Waals surface area contributed by atoms with E-state index in [-0.39, 0.29) is 5.82 Å². The number of aromatic nitrogens is 2. The molecular formula is C13H14FN3O2. The van der Waals surface area contributed by atoms with Crippen LogP contribution in [-0.4, -0.2) is 28.9 Å². The van der Waals surface area contributed by atoms with E-state index >= 15 is 0 Å². The molecule has 1 atom stereocenters. The van der Waals surface area contributed by atoms with Gasteiger partial charge in [-0.05, 0) is 29.8 Å². The molecule has 1 aromatic carbocycles. The van der Waals surface area contributed by atoms with E-state index in [0.717, 1.165) is 11.3 Å². The van der Waals surface area contributed by atoms with Crippen LogP contribution in [0, 0.1) is 5.82 Å². The van der Waals surface area contributed by atoms with Crippen LogP contribution in [0.25, 0.3) is 5.69 Å². The van der Waals surface area contributed by atoms with Crippen molar-refractivity contribution in [1.29, 1.82) is 0 Å². The molecule has 0 saturated heterocycles. The largest absolute Gasteiger partial charge is 0.468 e. The van der Waals surface area contributed by atoms with Crippen molar-refractivity contribution >= 4 is 5.97 Å². The van der Waals surface area contributed by atoms with Crippen molar-refractivity contribution in [2.24, 2.45) is 5.73 Å². The van der Waals surface area contributed by atoms with Crippen molar-refractivity contribution in [2.45, 2.75) is 12.5 Å². The lowest BCUT2D eigenvalue weighted by Crippen LogP contribution is -2.33. The molecule has 0 aliphatic heterocycles. The van der Waals surface area contributed by atoms with E-state index in [9.17, 15) is 9.18 Å². The molecule has 0 spiro atoms. The first-order chi connectivity index (χ1) is 9.10. The van der Waals surface area contributed by atoms with E-state index in [0.29, 0.717) is 6.42 Å². The smallest absolute Gasteiger partial charge is 0.322 e. The third-order valence-corrected chi connectivity index (χ3v) is 2.69. The molecule has 1 heterocycles. The van der Waals surface area contributed by atoms with Crippen molar-refractivity contribution in [3.8, 4) is 5.69 Å². The fraction of sp³-hybridized carbons (Fsp3) is 0.231. The number of carbonyl (C=O) groups is 1. The molecule has 0 fully saturated rings. The van der Waals surface area contributed by atoms with Gasteiger partial charge in [0.2, 0.25) is 0 Å². The number of nitrogens with two attached hydrogens (primary N) is 1. The predicted octanol–water partition coefficient (Wildman–Crippen LogP) is 1.05. The second kappa shape index (κ2) is 5.62. The maximum atomic E-state index is 12.8. The van der Waals surface area contributed by atoms with Gasteiger partial charge in [0.15, 0.2) is 0 Å². The van der Waals surface area contributed by atoms with Crippen LogP contribution in [0.2, 0.25) is 0 Å². The molecule has 1 unspecified atom stereocenters. The Morgan fingerprint density at radius 3 is 2.79 bits per heavy atom. The molecule has 0 aliphatic carbocycles. The van der Waals surface area contributed by atoms with Crippen LogP contribution in [-0.2, 0) is 16.0 Å². The van der Waals surface area contributed by atoms with E-state index in [2.05, 4.69) is 9.84 Å². The van der Waals surface area contributed by atoms with Crippen molar-refractivity contribution in [3.63, 3.8) is 0 Å². The van der Waals surface area contributed by atoms with Gasteiger partial charge in [-0.15, -0.1) is 0 Å². The number of benzene rings is 1. The molecule has 0 amide bonds. The first-order valence-corrected chi connectivity index (χ1v) is 5.73. The molecule has 0 radical (unpaired) electrons. The van der Waals surface area contributed by atoms with Crippen LogP contribution in [0.3, 0.4) is 0 Å². The van der Waals surface area contributed by atoms with Crippen LogP contribution < -0.4 is 5.73 Å². The summed E-state index contributed by atoms with van der Waals surface area (Å²) in [4.78, 5) is 11.2. The molecule has 2 aromatic rings. The van der Waals surface area contributed by atoms with Gasteiger partial charge >= 0.3 is 5.97 Å². The number of rotatable bonds is 4. The van der Waals surface area contributed by atoms with Crippen molar-refractivity contribution in [1.82, 2.24) is 9.78 Å². The van der Waals surface area contributed by atoms with Crippen LogP contribution >= 0.6 is 0 Å². The SMILES string of the molecule is COC(=O)C(N)Cc1cnn(-c2ccc(F)cc2)c1. The van der Waals surface area contributed by atoms with Crippen LogP contribution in [0.1, 0.15) is 5.56 Å². The molecule has 2 N–H and O–H groups in total. The van der Waals surface area contributed by atoms with Crippen LogP contribution in [0.5, 0.6) is 0 Å². The number of hydrogen-bond donors (Lipinski definition) is 1. The molecule has 2 rings (SSSR count). The van der Waals surface area contributed by atoms with Crippen LogP contribution in [0.15, 0.2) is 36.7 Å². The Morgan fingerprint density at radius 1 is 1.47 bits per heavy atom. The van der Waals surface area contributed by atoms with Crippen LogP contribution in [0.4, 0.5) is 4.39 Å². The van der Waals surface area contributed by atoms with E-state index in [4.69, 9.17) is 5.73 Å². The summed E-state index contributed by atoms with van der Waals surface area (Å²) in [5, 5.41) is 4.14. The molecular weight excluding hydrogens is 249 g/mol. The maximum absolute atomic E-state index is 12.8. The van der Waals surface area contributed by atoms with Gasteiger partial charge in [0.05, 0.1) is 19.0 Å². The quantitative estimate of drug-likeness (QED) is 0.837. The molecule has 100 valence electrons. The van der Waals surface area contributed by atoms with Crippen molar-refractivity contribution < 1.29 is 13.9 Å². The maximum Gasteiger partial charge on any atom is 0.322 e. The highest BCUT2D eigenvalue weighted by atomic mass is 19.1. The second-order valence-corrected chi connectivity index (χ2v) is 4.10. The van der Waals surface area contributed by atoms with E-state index in [1.807, 2.05) is 0 Å². The Bertz CT molecular complexity index is 566. The zero-order valence-corrected chi connectivity index (χ0v) is 10.4. The molecule has 0 saturated carbocycles. The molecule has 1 aromatic heterocycles. The van der Waals surface area contributed by atoms with Gasteiger partial charge in [-0.1, -0.05) is 0 Å². The minimum absolute atomic E-state index is 0.302. The Hall–Kier alpha value is -2.21. The summed E-state index contributed by atoms with van der Waals surface area (Å²) in [5.74, 6) is -0.765. The van der Waals surface area contributed by atoms with Gasteiger partial charge < -0.3 is 10.5 Å². The summed E-state index contributed by atoms with van der Waals surface area (Å²) in [5.41, 5.74) is 7.21. The molecule has 6 heteroatoms.